The van der Waals surface area contributed by atoms with E-state index in [0.717, 1.165) is 26.2 Å². The van der Waals surface area contributed by atoms with Crippen molar-refractivity contribution in [2.75, 3.05) is 51.5 Å². The maximum Gasteiger partial charge on any atom is 0.148 e. The molecule has 0 aromatic heterocycles. The van der Waals surface area contributed by atoms with Crippen molar-refractivity contribution in [3.05, 3.63) is 0 Å². The second kappa shape index (κ2) is 7.21. The van der Waals surface area contributed by atoms with Crippen molar-refractivity contribution in [3.8, 4) is 0 Å². The first-order valence-corrected chi connectivity index (χ1v) is 7.68. The van der Waals surface area contributed by atoms with Gasteiger partial charge in [-0.15, -0.1) is 0 Å². The Hall–Kier alpha value is -0.170. The van der Waals surface area contributed by atoms with E-state index in [2.05, 4.69) is 5.32 Å². The number of hydrogen-bond acceptors (Lipinski definition) is 5. The molecule has 0 amide bonds. The Morgan fingerprint density at radius 1 is 1.44 bits per heavy atom. The van der Waals surface area contributed by atoms with E-state index < -0.39 is 9.84 Å². The Labute approximate surface area is 97.4 Å². The fraction of sp³-hybridized carbons (Fsp3) is 1.00. The van der Waals surface area contributed by atoms with Crippen LogP contribution in [0.5, 0.6) is 0 Å². The van der Waals surface area contributed by atoms with Gasteiger partial charge in [0.25, 0.3) is 0 Å². The Morgan fingerprint density at radius 3 is 2.88 bits per heavy atom. The zero-order chi connectivity index (χ0) is 11.9. The first kappa shape index (κ1) is 13.9. The van der Waals surface area contributed by atoms with Crippen LogP contribution in [0.25, 0.3) is 0 Å². The number of ether oxygens (including phenoxy) is 2. The van der Waals surface area contributed by atoms with E-state index in [1.54, 1.807) is 0 Å². The molecule has 0 aliphatic carbocycles. The van der Waals surface area contributed by atoms with Crippen LogP contribution in [0.15, 0.2) is 0 Å². The highest BCUT2D eigenvalue weighted by Gasteiger charge is 2.14. The molecule has 1 aliphatic rings. The van der Waals surface area contributed by atoms with E-state index >= 15 is 0 Å². The monoisotopic (exact) mass is 251 g/mol. The van der Waals surface area contributed by atoms with Crippen LogP contribution in [0, 0.1) is 5.92 Å². The Balaban J connectivity index is 1.84. The highest BCUT2D eigenvalue weighted by Crippen LogP contribution is 2.11. The SMILES string of the molecule is CS(=O)(=O)CCNCCOCC1CCOC1. The summed E-state index contributed by atoms with van der Waals surface area (Å²) >= 11 is 0. The molecule has 0 saturated carbocycles. The molecule has 1 atom stereocenters. The van der Waals surface area contributed by atoms with Gasteiger partial charge in [-0.05, 0) is 6.42 Å². The molecular formula is C10H21NO4S. The summed E-state index contributed by atoms with van der Waals surface area (Å²) in [5.74, 6) is 0.722. The summed E-state index contributed by atoms with van der Waals surface area (Å²) in [5.41, 5.74) is 0. The summed E-state index contributed by atoms with van der Waals surface area (Å²) in [6, 6.07) is 0. The van der Waals surface area contributed by atoms with Crippen LogP contribution in [-0.4, -0.2) is 59.9 Å². The fourth-order valence-corrected chi connectivity index (χ4v) is 2.01. The van der Waals surface area contributed by atoms with Gasteiger partial charge in [-0.25, -0.2) is 8.42 Å². The van der Waals surface area contributed by atoms with Crippen molar-refractivity contribution in [1.29, 1.82) is 0 Å². The minimum atomic E-state index is -2.85. The van der Waals surface area contributed by atoms with Gasteiger partial charge in [0.2, 0.25) is 0 Å². The van der Waals surface area contributed by atoms with Gasteiger partial charge in [0, 0.05) is 31.9 Å². The van der Waals surface area contributed by atoms with Crippen molar-refractivity contribution in [2.45, 2.75) is 6.42 Å². The predicted octanol–water partition coefficient (Wildman–Crippen LogP) is -0.326. The predicted molar refractivity (Wildman–Crippen MR) is 62.3 cm³/mol. The van der Waals surface area contributed by atoms with Crippen molar-refractivity contribution >= 4 is 9.84 Å². The first-order valence-electron chi connectivity index (χ1n) is 5.62. The molecule has 1 fully saturated rings. The second-order valence-corrected chi connectivity index (χ2v) is 6.44. The van der Waals surface area contributed by atoms with Gasteiger partial charge in [0.1, 0.15) is 9.84 Å². The van der Waals surface area contributed by atoms with E-state index in [1.165, 1.54) is 6.26 Å². The molecule has 16 heavy (non-hydrogen) atoms. The van der Waals surface area contributed by atoms with Gasteiger partial charge in [-0.1, -0.05) is 0 Å². The van der Waals surface area contributed by atoms with Gasteiger partial charge in [0.15, 0.2) is 0 Å². The smallest absolute Gasteiger partial charge is 0.148 e. The van der Waals surface area contributed by atoms with E-state index in [9.17, 15) is 8.42 Å². The van der Waals surface area contributed by atoms with Crippen LogP contribution in [0.4, 0.5) is 0 Å². The third-order valence-electron chi connectivity index (χ3n) is 2.45. The molecule has 1 aliphatic heterocycles. The van der Waals surface area contributed by atoms with Crippen LogP contribution in [0.2, 0.25) is 0 Å². The molecule has 1 N–H and O–H groups in total. The van der Waals surface area contributed by atoms with Crippen LogP contribution in [0.1, 0.15) is 6.42 Å². The lowest BCUT2D eigenvalue weighted by molar-refractivity contribution is 0.0916. The lowest BCUT2D eigenvalue weighted by Gasteiger charge is -2.09. The fourth-order valence-electron chi connectivity index (χ4n) is 1.49. The minimum absolute atomic E-state index is 0.184. The maximum atomic E-state index is 10.8. The molecule has 1 unspecified atom stereocenters. The van der Waals surface area contributed by atoms with Gasteiger partial charge >= 0.3 is 0 Å². The average Bonchev–Trinajstić information content (AvgIpc) is 2.67. The van der Waals surface area contributed by atoms with E-state index in [4.69, 9.17) is 9.47 Å². The van der Waals surface area contributed by atoms with Crippen molar-refractivity contribution in [1.82, 2.24) is 5.32 Å². The Kier molecular flexibility index (Phi) is 6.26. The lowest BCUT2D eigenvalue weighted by atomic mass is 10.1. The lowest BCUT2D eigenvalue weighted by Crippen LogP contribution is -2.26. The van der Waals surface area contributed by atoms with Gasteiger partial charge in [-0.3, -0.25) is 0 Å². The van der Waals surface area contributed by atoms with E-state index in [1.807, 2.05) is 0 Å². The minimum Gasteiger partial charge on any atom is -0.381 e. The normalized spacial score (nSPS) is 21.4. The van der Waals surface area contributed by atoms with Crippen molar-refractivity contribution in [3.63, 3.8) is 0 Å². The van der Waals surface area contributed by atoms with Gasteiger partial charge in [-0.2, -0.15) is 0 Å². The zero-order valence-electron chi connectivity index (χ0n) is 9.78. The third-order valence-corrected chi connectivity index (χ3v) is 3.40. The topological polar surface area (TPSA) is 64.6 Å². The summed E-state index contributed by atoms with van der Waals surface area (Å²) in [4.78, 5) is 0. The summed E-state index contributed by atoms with van der Waals surface area (Å²) in [6.07, 6.45) is 2.33. The average molecular weight is 251 g/mol. The maximum absolute atomic E-state index is 10.8. The number of rotatable bonds is 8. The number of nitrogens with one attached hydrogen (secondary N) is 1. The molecule has 1 saturated heterocycles. The summed E-state index contributed by atoms with van der Waals surface area (Å²) < 4.78 is 32.3. The first-order chi connectivity index (χ1) is 7.58. The zero-order valence-corrected chi connectivity index (χ0v) is 10.6. The molecule has 1 heterocycles. The molecule has 0 aromatic rings. The molecule has 0 spiro atoms. The summed E-state index contributed by atoms with van der Waals surface area (Å²) in [5, 5.41) is 3.03. The summed E-state index contributed by atoms with van der Waals surface area (Å²) in [7, 11) is -2.85. The van der Waals surface area contributed by atoms with E-state index in [0.29, 0.717) is 25.6 Å². The standard InChI is InChI=1S/C10H21NO4S/c1-16(12,13)7-4-11-3-6-15-9-10-2-5-14-8-10/h10-11H,2-9H2,1H3. The van der Waals surface area contributed by atoms with Crippen LogP contribution in [0.3, 0.4) is 0 Å². The van der Waals surface area contributed by atoms with Crippen molar-refractivity contribution in [2.24, 2.45) is 5.92 Å². The Morgan fingerprint density at radius 2 is 2.25 bits per heavy atom. The van der Waals surface area contributed by atoms with Crippen molar-refractivity contribution < 1.29 is 17.9 Å². The third kappa shape index (κ3) is 7.16. The van der Waals surface area contributed by atoms with Crippen LogP contribution in [-0.2, 0) is 19.3 Å². The molecule has 1 rings (SSSR count). The highest BCUT2D eigenvalue weighted by atomic mass is 32.2. The molecule has 6 heteroatoms. The molecule has 0 bridgehead atoms. The quantitative estimate of drug-likeness (QED) is 0.599. The second-order valence-electron chi connectivity index (χ2n) is 4.18. The molecule has 0 aromatic carbocycles. The largest absolute Gasteiger partial charge is 0.381 e. The molecular weight excluding hydrogens is 230 g/mol. The molecule has 0 radical (unpaired) electrons. The molecule has 96 valence electrons. The number of hydrogen-bond donors (Lipinski definition) is 1. The van der Waals surface area contributed by atoms with E-state index in [-0.39, 0.29) is 5.75 Å². The highest BCUT2D eigenvalue weighted by molar-refractivity contribution is 7.90. The van der Waals surface area contributed by atoms with Crippen LogP contribution < -0.4 is 5.32 Å². The number of sulfone groups is 1. The Bertz CT molecular complexity index is 273. The molecule has 5 nitrogen and oxygen atoms in total. The summed E-state index contributed by atoms with van der Waals surface area (Å²) in [6.45, 7) is 4.22. The van der Waals surface area contributed by atoms with Gasteiger partial charge < -0.3 is 14.8 Å². The van der Waals surface area contributed by atoms with Gasteiger partial charge in [0.05, 0.1) is 25.6 Å². The van der Waals surface area contributed by atoms with Crippen LogP contribution >= 0.6 is 0 Å².